The van der Waals surface area contributed by atoms with Crippen molar-refractivity contribution in [2.24, 2.45) is 5.10 Å². The molecule has 0 fully saturated rings. The summed E-state index contributed by atoms with van der Waals surface area (Å²) in [5.74, 6) is -1.70. The van der Waals surface area contributed by atoms with Crippen LogP contribution >= 0.6 is 0 Å². The molecule has 0 aliphatic carbocycles. The molecule has 0 unspecified atom stereocenters. The topological polar surface area (TPSA) is 70.1 Å². The lowest BCUT2D eigenvalue weighted by molar-refractivity contribution is 0.508. The molecule has 0 aliphatic rings. The number of aromatic amines is 1. The molecule has 0 atom stereocenters. The summed E-state index contributed by atoms with van der Waals surface area (Å²) in [6, 6.07) is 4.72. The van der Waals surface area contributed by atoms with Gasteiger partial charge >= 0.3 is 0 Å². The Kier molecular flexibility index (Phi) is 3.65. The number of aromatic nitrogens is 2. The van der Waals surface area contributed by atoms with Gasteiger partial charge in [-0.1, -0.05) is 6.07 Å². The Morgan fingerprint density at radius 1 is 1.32 bits per heavy atom. The van der Waals surface area contributed by atoms with Gasteiger partial charge in [-0.05, 0) is 24.6 Å². The Balaban J connectivity index is 2.11. The minimum absolute atomic E-state index is 0.170. The number of H-pyrrole nitrogens is 1. The molecular weight excluding hydrogens is 254 g/mol. The van der Waals surface area contributed by atoms with Crippen molar-refractivity contribution in [2.75, 3.05) is 5.43 Å². The van der Waals surface area contributed by atoms with Gasteiger partial charge < -0.3 is 0 Å². The van der Waals surface area contributed by atoms with Crippen LogP contribution in [0.5, 0.6) is 0 Å². The van der Waals surface area contributed by atoms with E-state index in [9.17, 15) is 13.6 Å². The molecule has 2 aromatic rings. The fourth-order valence-electron chi connectivity index (χ4n) is 1.39. The van der Waals surface area contributed by atoms with Crippen LogP contribution in [0.15, 0.2) is 34.2 Å². The Bertz CT molecular complexity index is 682. The van der Waals surface area contributed by atoms with Crippen molar-refractivity contribution in [1.82, 2.24) is 9.97 Å². The van der Waals surface area contributed by atoms with E-state index in [0.29, 0.717) is 11.3 Å². The van der Waals surface area contributed by atoms with Gasteiger partial charge in [-0.25, -0.2) is 19.2 Å². The fraction of sp³-hybridized carbons (Fsp3) is 0.0833. The second-order valence-electron chi connectivity index (χ2n) is 3.78. The number of nitrogens with one attached hydrogen (secondary N) is 2. The van der Waals surface area contributed by atoms with Crippen LogP contribution in [0.2, 0.25) is 0 Å². The predicted molar refractivity (Wildman–Crippen MR) is 67.2 cm³/mol. The third-order valence-corrected chi connectivity index (χ3v) is 2.20. The van der Waals surface area contributed by atoms with E-state index in [4.69, 9.17) is 0 Å². The Hall–Kier alpha value is -2.57. The lowest BCUT2D eigenvalue weighted by Gasteiger charge is -1.99. The molecule has 1 heterocycles. The minimum Gasteiger partial charge on any atom is -0.291 e. The van der Waals surface area contributed by atoms with Crippen LogP contribution in [0, 0.1) is 18.6 Å². The maximum Gasteiger partial charge on any atom is 0.252 e. The van der Waals surface area contributed by atoms with E-state index in [0.717, 1.165) is 12.1 Å². The lowest BCUT2D eigenvalue weighted by atomic mass is 10.2. The lowest BCUT2D eigenvalue weighted by Crippen LogP contribution is -2.10. The Morgan fingerprint density at radius 3 is 2.79 bits per heavy atom. The van der Waals surface area contributed by atoms with E-state index in [1.807, 2.05) is 0 Å². The van der Waals surface area contributed by atoms with Crippen LogP contribution in [0.4, 0.5) is 14.7 Å². The molecule has 19 heavy (non-hydrogen) atoms. The smallest absolute Gasteiger partial charge is 0.252 e. The van der Waals surface area contributed by atoms with E-state index in [1.165, 1.54) is 18.3 Å². The Morgan fingerprint density at radius 2 is 2.11 bits per heavy atom. The number of benzene rings is 1. The molecule has 98 valence electrons. The first-order valence-electron chi connectivity index (χ1n) is 5.37. The van der Waals surface area contributed by atoms with Crippen LogP contribution in [-0.2, 0) is 0 Å². The van der Waals surface area contributed by atoms with Crippen LogP contribution in [0.3, 0.4) is 0 Å². The number of anilines is 1. The number of halogens is 2. The molecule has 0 aliphatic heterocycles. The van der Waals surface area contributed by atoms with E-state index in [1.54, 1.807) is 6.92 Å². The van der Waals surface area contributed by atoms with Crippen molar-refractivity contribution < 1.29 is 8.78 Å². The molecular formula is C12H10F2N4O. The maximum atomic E-state index is 12.9. The van der Waals surface area contributed by atoms with E-state index >= 15 is 0 Å². The van der Waals surface area contributed by atoms with Crippen molar-refractivity contribution in [3.05, 3.63) is 57.5 Å². The van der Waals surface area contributed by atoms with Crippen molar-refractivity contribution in [2.45, 2.75) is 6.92 Å². The zero-order chi connectivity index (χ0) is 13.8. The highest BCUT2D eigenvalue weighted by Gasteiger charge is 2.00. The number of hydrazone groups is 1. The summed E-state index contributed by atoms with van der Waals surface area (Å²) in [7, 11) is 0. The number of rotatable bonds is 3. The van der Waals surface area contributed by atoms with E-state index in [-0.39, 0.29) is 11.5 Å². The second kappa shape index (κ2) is 5.38. The molecule has 0 saturated heterocycles. The molecule has 0 bridgehead atoms. The summed E-state index contributed by atoms with van der Waals surface area (Å²) >= 11 is 0. The fourth-order valence-corrected chi connectivity index (χ4v) is 1.39. The van der Waals surface area contributed by atoms with E-state index in [2.05, 4.69) is 20.5 Å². The first-order valence-corrected chi connectivity index (χ1v) is 5.37. The molecule has 2 N–H and O–H groups in total. The standard InChI is InChI=1S/C12H10F2N4O/c1-7-4-11(19)17-12(16-7)18-15-6-8-2-3-9(13)10(14)5-8/h2-6H,1H3,(H2,16,17,18,19). The summed E-state index contributed by atoms with van der Waals surface area (Å²) in [6.45, 7) is 1.67. The normalized spacial score (nSPS) is 10.9. The van der Waals surface area contributed by atoms with Gasteiger partial charge in [-0.3, -0.25) is 9.78 Å². The first-order chi connectivity index (χ1) is 9.04. The molecule has 1 aromatic heterocycles. The quantitative estimate of drug-likeness (QED) is 0.656. The van der Waals surface area contributed by atoms with Crippen molar-refractivity contribution in [1.29, 1.82) is 0 Å². The van der Waals surface area contributed by atoms with Gasteiger partial charge in [0.25, 0.3) is 5.56 Å². The van der Waals surface area contributed by atoms with Gasteiger partial charge in [0.05, 0.1) is 6.21 Å². The third kappa shape index (κ3) is 3.44. The third-order valence-electron chi connectivity index (χ3n) is 2.20. The van der Waals surface area contributed by atoms with Crippen molar-refractivity contribution in [3.63, 3.8) is 0 Å². The number of aryl methyl sites for hydroxylation is 1. The van der Waals surface area contributed by atoms with Gasteiger partial charge in [0.1, 0.15) is 0 Å². The molecule has 1 aromatic carbocycles. The predicted octanol–water partition coefficient (Wildman–Crippen LogP) is 1.80. The van der Waals surface area contributed by atoms with Gasteiger partial charge in [0.2, 0.25) is 5.95 Å². The van der Waals surface area contributed by atoms with Gasteiger partial charge in [0, 0.05) is 11.8 Å². The molecule has 0 radical (unpaired) electrons. The molecule has 2 rings (SSSR count). The summed E-state index contributed by atoms with van der Waals surface area (Å²) in [4.78, 5) is 17.6. The average molecular weight is 264 g/mol. The summed E-state index contributed by atoms with van der Waals surface area (Å²) in [5, 5.41) is 3.77. The van der Waals surface area contributed by atoms with Gasteiger partial charge in [-0.2, -0.15) is 5.10 Å². The van der Waals surface area contributed by atoms with Crippen LogP contribution in [0.25, 0.3) is 0 Å². The van der Waals surface area contributed by atoms with Crippen LogP contribution < -0.4 is 11.0 Å². The maximum absolute atomic E-state index is 12.9. The molecule has 0 spiro atoms. The highest BCUT2D eigenvalue weighted by Crippen LogP contribution is 2.06. The molecule has 0 amide bonds. The zero-order valence-corrected chi connectivity index (χ0v) is 9.95. The Labute approximate surface area is 107 Å². The molecule has 5 nitrogen and oxygen atoms in total. The SMILES string of the molecule is Cc1cc(=O)[nH]c(NN=Cc2ccc(F)c(F)c2)n1. The van der Waals surface area contributed by atoms with Crippen LogP contribution in [0.1, 0.15) is 11.3 Å². The van der Waals surface area contributed by atoms with Crippen LogP contribution in [-0.4, -0.2) is 16.2 Å². The number of hydrogen-bond acceptors (Lipinski definition) is 4. The molecule has 7 heteroatoms. The minimum atomic E-state index is -0.953. The largest absolute Gasteiger partial charge is 0.291 e. The monoisotopic (exact) mass is 264 g/mol. The zero-order valence-electron chi connectivity index (χ0n) is 9.95. The van der Waals surface area contributed by atoms with Gasteiger partial charge in [-0.15, -0.1) is 0 Å². The number of nitrogens with zero attached hydrogens (tertiary/aromatic N) is 2. The summed E-state index contributed by atoms with van der Waals surface area (Å²) in [5.41, 5.74) is 3.10. The average Bonchev–Trinajstić information content (AvgIpc) is 2.32. The highest BCUT2D eigenvalue weighted by molar-refractivity contribution is 5.79. The highest BCUT2D eigenvalue weighted by atomic mass is 19.2. The van der Waals surface area contributed by atoms with Crippen molar-refractivity contribution in [3.8, 4) is 0 Å². The van der Waals surface area contributed by atoms with Gasteiger partial charge in [0.15, 0.2) is 11.6 Å². The summed E-state index contributed by atoms with van der Waals surface area (Å²) in [6.07, 6.45) is 1.28. The molecule has 0 saturated carbocycles. The van der Waals surface area contributed by atoms with Crippen molar-refractivity contribution >= 4 is 12.2 Å². The van der Waals surface area contributed by atoms with E-state index < -0.39 is 11.6 Å². The first kappa shape index (κ1) is 12.9. The summed E-state index contributed by atoms with van der Waals surface area (Å²) < 4.78 is 25.6. The second-order valence-corrected chi connectivity index (χ2v) is 3.78. The number of hydrogen-bond donors (Lipinski definition) is 2.